The molecule has 0 saturated heterocycles. The molecule has 0 atom stereocenters. The van der Waals surface area contributed by atoms with Crippen molar-refractivity contribution in [3.8, 4) is 27.9 Å². The zero-order valence-electron chi connectivity index (χ0n) is 31.3. The summed E-state index contributed by atoms with van der Waals surface area (Å²) in [5.41, 5.74) is 14.6. The molecule has 0 aliphatic heterocycles. The molecule has 0 amide bonds. The molecule has 3 heterocycles. The van der Waals surface area contributed by atoms with Crippen LogP contribution in [0.25, 0.3) is 93.6 Å². The molecule has 272 valence electrons. The molecule has 4 heteroatoms. The summed E-state index contributed by atoms with van der Waals surface area (Å²) in [5, 5.41) is 6.89. The second-order valence-corrected chi connectivity index (χ2v) is 14.9. The third-order valence-corrected chi connectivity index (χ3v) is 11.6. The van der Waals surface area contributed by atoms with Crippen LogP contribution in [0, 0.1) is 0 Å². The highest BCUT2D eigenvalue weighted by Crippen LogP contribution is 2.49. The van der Waals surface area contributed by atoms with Crippen molar-refractivity contribution in [2.24, 2.45) is 0 Å². The smallest absolute Gasteiger partial charge is 0.138 e. The summed E-state index contributed by atoms with van der Waals surface area (Å²) in [7, 11) is 0. The van der Waals surface area contributed by atoms with E-state index in [0.717, 1.165) is 83.2 Å². The van der Waals surface area contributed by atoms with Crippen LogP contribution in [0.1, 0.15) is 0 Å². The van der Waals surface area contributed by atoms with Gasteiger partial charge in [-0.1, -0.05) is 127 Å². The van der Waals surface area contributed by atoms with Crippen LogP contribution in [-0.2, 0) is 0 Å². The standard InChI is InChI=1S/C54H34N2O2/c1-4-15-35(16-5-1)41-23-14-24-45-52(41)54-46(34-50-53(44-22-11-13-26-48(44)58-50)51(54)36-17-6-2-7-18-36)56(45)39-29-27-38(28-30-39)55(37-19-8-3-9-20-37)40-31-32-43-42-21-10-12-25-47(42)57-49(43)33-40/h1-34H. The van der Waals surface area contributed by atoms with Crippen molar-refractivity contribution in [3.05, 3.63) is 206 Å². The number of benzene rings is 9. The molecule has 12 aromatic rings. The van der Waals surface area contributed by atoms with E-state index in [1.165, 1.54) is 27.5 Å². The average Bonchev–Trinajstić information content (AvgIpc) is 3.96. The fourth-order valence-electron chi connectivity index (χ4n) is 9.08. The Morgan fingerprint density at radius 1 is 0.345 bits per heavy atom. The van der Waals surface area contributed by atoms with E-state index in [1.807, 2.05) is 18.2 Å². The number of anilines is 3. The predicted molar refractivity (Wildman–Crippen MR) is 241 cm³/mol. The number of fused-ring (bicyclic) bond motifs is 9. The molecule has 58 heavy (non-hydrogen) atoms. The number of furan rings is 2. The Kier molecular flexibility index (Phi) is 7.20. The van der Waals surface area contributed by atoms with Gasteiger partial charge in [0, 0.05) is 72.8 Å². The monoisotopic (exact) mass is 742 g/mol. The fourth-order valence-corrected chi connectivity index (χ4v) is 9.08. The van der Waals surface area contributed by atoms with Crippen molar-refractivity contribution in [3.63, 3.8) is 0 Å². The molecule has 0 spiro atoms. The zero-order valence-corrected chi connectivity index (χ0v) is 31.3. The van der Waals surface area contributed by atoms with Crippen molar-refractivity contribution < 1.29 is 8.83 Å². The Morgan fingerprint density at radius 2 is 0.931 bits per heavy atom. The minimum atomic E-state index is 0.863. The second-order valence-electron chi connectivity index (χ2n) is 14.9. The molecule has 0 aliphatic rings. The van der Waals surface area contributed by atoms with Gasteiger partial charge >= 0.3 is 0 Å². The molecule has 12 rings (SSSR count). The number of nitrogens with zero attached hydrogens (tertiary/aromatic N) is 2. The van der Waals surface area contributed by atoms with Gasteiger partial charge in [-0.05, 0) is 83.4 Å². The van der Waals surface area contributed by atoms with Crippen molar-refractivity contribution in [1.29, 1.82) is 0 Å². The second kappa shape index (κ2) is 12.9. The highest BCUT2D eigenvalue weighted by molar-refractivity contribution is 6.29. The van der Waals surface area contributed by atoms with Crippen LogP contribution < -0.4 is 4.90 Å². The summed E-state index contributed by atoms with van der Waals surface area (Å²) in [4.78, 5) is 2.29. The van der Waals surface area contributed by atoms with Gasteiger partial charge in [0.2, 0.25) is 0 Å². The van der Waals surface area contributed by atoms with Crippen LogP contribution in [0.3, 0.4) is 0 Å². The van der Waals surface area contributed by atoms with E-state index in [0.29, 0.717) is 0 Å². The van der Waals surface area contributed by atoms with Gasteiger partial charge in [0.1, 0.15) is 22.3 Å². The Morgan fingerprint density at radius 3 is 1.69 bits per heavy atom. The van der Waals surface area contributed by atoms with Crippen LogP contribution in [0.4, 0.5) is 17.1 Å². The normalized spacial score (nSPS) is 11.8. The largest absolute Gasteiger partial charge is 0.456 e. The lowest BCUT2D eigenvalue weighted by Crippen LogP contribution is -2.09. The van der Waals surface area contributed by atoms with E-state index in [-0.39, 0.29) is 0 Å². The molecule has 0 fully saturated rings. The molecule has 3 aromatic heterocycles. The number of aromatic nitrogens is 1. The van der Waals surface area contributed by atoms with Crippen LogP contribution >= 0.6 is 0 Å². The molecule has 0 radical (unpaired) electrons. The molecule has 0 saturated carbocycles. The van der Waals surface area contributed by atoms with Gasteiger partial charge in [-0.3, -0.25) is 0 Å². The van der Waals surface area contributed by atoms with E-state index >= 15 is 0 Å². The summed E-state index contributed by atoms with van der Waals surface area (Å²) >= 11 is 0. The van der Waals surface area contributed by atoms with Crippen LogP contribution in [-0.4, -0.2) is 4.57 Å². The number of rotatable bonds is 6. The molecular weight excluding hydrogens is 709 g/mol. The first-order chi connectivity index (χ1) is 28.8. The molecule has 0 aliphatic carbocycles. The summed E-state index contributed by atoms with van der Waals surface area (Å²) in [6.07, 6.45) is 0. The van der Waals surface area contributed by atoms with Gasteiger partial charge in [0.05, 0.1) is 11.0 Å². The summed E-state index contributed by atoms with van der Waals surface area (Å²) in [6, 6.07) is 73.1. The van der Waals surface area contributed by atoms with E-state index < -0.39 is 0 Å². The van der Waals surface area contributed by atoms with Gasteiger partial charge in [0.25, 0.3) is 0 Å². The maximum Gasteiger partial charge on any atom is 0.138 e. The summed E-state index contributed by atoms with van der Waals surface area (Å²) in [6.45, 7) is 0. The van der Waals surface area contributed by atoms with Crippen LogP contribution in [0.5, 0.6) is 0 Å². The fraction of sp³-hybridized carbons (Fsp3) is 0. The van der Waals surface area contributed by atoms with Crippen LogP contribution in [0.2, 0.25) is 0 Å². The Bertz CT molecular complexity index is 3490. The Hall–Kier alpha value is -7.82. The highest BCUT2D eigenvalue weighted by atomic mass is 16.3. The van der Waals surface area contributed by atoms with Crippen molar-refractivity contribution >= 4 is 82.7 Å². The van der Waals surface area contributed by atoms with E-state index in [4.69, 9.17) is 8.83 Å². The summed E-state index contributed by atoms with van der Waals surface area (Å²) < 4.78 is 15.5. The molecule has 4 nitrogen and oxygen atoms in total. The topological polar surface area (TPSA) is 34.5 Å². The Labute approximate surface area is 334 Å². The van der Waals surface area contributed by atoms with Crippen molar-refractivity contribution in [1.82, 2.24) is 4.57 Å². The first-order valence-electron chi connectivity index (χ1n) is 19.7. The van der Waals surface area contributed by atoms with Gasteiger partial charge in [-0.25, -0.2) is 0 Å². The van der Waals surface area contributed by atoms with Crippen molar-refractivity contribution in [2.45, 2.75) is 0 Å². The number of hydrogen-bond acceptors (Lipinski definition) is 3. The minimum absolute atomic E-state index is 0.863. The number of para-hydroxylation sites is 3. The molecule has 9 aromatic carbocycles. The summed E-state index contributed by atoms with van der Waals surface area (Å²) in [5.74, 6) is 0. The first kappa shape index (κ1) is 32.4. The lowest BCUT2D eigenvalue weighted by molar-refractivity contribution is 0.668. The third kappa shape index (κ3) is 4.95. The van der Waals surface area contributed by atoms with Crippen molar-refractivity contribution in [2.75, 3.05) is 4.90 Å². The lowest BCUT2D eigenvalue weighted by atomic mass is 9.92. The molecule has 0 bridgehead atoms. The SMILES string of the molecule is c1ccc(-c2cccc3c2c2c(-c4ccccc4)c4c(cc2n3-c2ccc(N(c3ccccc3)c3ccc5c(c3)oc3ccccc35)cc2)oc2ccccc24)cc1. The third-order valence-electron chi connectivity index (χ3n) is 11.6. The van der Waals surface area contributed by atoms with Gasteiger partial charge < -0.3 is 18.3 Å². The number of hydrogen-bond donors (Lipinski definition) is 0. The van der Waals surface area contributed by atoms with Gasteiger partial charge in [0.15, 0.2) is 0 Å². The maximum absolute atomic E-state index is 6.70. The van der Waals surface area contributed by atoms with Crippen LogP contribution in [0.15, 0.2) is 215 Å². The van der Waals surface area contributed by atoms with E-state index in [9.17, 15) is 0 Å². The van der Waals surface area contributed by atoms with E-state index in [1.54, 1.807) is 0 Å². The molecule has 0 N–H and O–H groups in total. The zero-order chi connectivity index (χ0) is 38.2. The van der Waals surface area contributed by atoms with Gasteiger partial charge in [-0.15, -0.1) is 0 Å². The minimum Gasteiger partial charge on any atom is -0.456 e. The lowest BCUT2D eigenvalue weighted by Gasteiger charge is -2.25. The van der Waals surface area contributed by atoms with E-state index in [2.05, 4.69) is 198 Å². The highest BCUT2D eigenvalue weighted by Gasteiger charge is 2.25. The first-order valence-corrected chi connectivity index (χ1v) is 19.7. The van der Waals surface area contributed by atoms with Gasteiger partial charge in [-0.2, -0.15) is 0 Å². The molecular formula is C54H34N2O2. The maximum atomic E-state index is 6.70. The predicted octanol–water partition coefficient (Wildman–Crippen LogP) is 15.4. The average molecular weight is 743 g/mol. The Balaban J connectivity index is 1.12. The molecule has 0 unspecified atom stereocenters. The quantitative estimate of drug-likeness (QED) is 0.170.